The molecule has 0 saturated carbocycles. The molecule has 0 unspecified atom stereocenters. The van der Waals surface area contributed by atoms with E-state index in [4.69, 9.17) is 10.00 Å². The summed E-state index contributed by atoms with van der Waals surface area (Å²) in [5.74, 6) is -0.0807. The van der Waals surface area contributed by atoms with Gasteiger partial charge in [-0.15, -0.1) is 0 Å². The molecule has 1 amide bonds. The van der Waals surface area contributed by atoms with E-state index >= 15 is 0 Å². The van der Waals surface area contributed by atoms with Crippen LogP contribution in [0.2, 0.25) is 0 Å². The van der Waals surface area contributed by atoms with Crippen LogP contribution in [0.25, 0.3) is 0 Å². The molecule has 1 rings (SSSR count). The molecule has 0 radical (unpaired) electrons. The van der Waals surface area contributed by atoms with Crippen molar-refractivity contribution in [3.63, 3.8) is 0 Å². The first-order valence-electron chi connectivity index (χ1n) is 6.60. The summed E-state index contributed by atoms with van der Waals surface area (Å²) >= 11 is 0. The smallest absolute Gasteiger partial charge is 0.238 e. The molecule has 5 nitrogen and oxygen atoms in total. The number of ether oxygens (including phenoxy) is 1. The second-order valence-corrected chi connectivity index (χ2v) is 4.59. The van der Waals surface area contributed by atoms with E-state index < -0.39 is 0 Å². The van der Waals surface area contributed by atoms with Crippen LogP contribution in [0.15, 0.2) is 24.3 Å². The van der Waals surface area contributed by atoms with Gasteiger partial charge in [-0.1, -0.05) is 17.7 Å². The monoisotopic (exact) mass is 275 g/mol. The van der Waals surface area contributed by atoms with Gasteiger partial charge in [0, 0.05) is 32.3 Å². The molecule has 0 fully saturated rings. The van der Waals surface area contributed by atoms with Gasteiger partial charge in [-0.05, 0) is 19.1 Å². The van der Waals surface area contributed by atoms with Gasteiger partial charge in [-0.25, -0.2) is 0 Å². The first-order valence-corrected chi connectivity index (χ1v) is 6.60. The Bertz CT molecular complexity index is 451. The van der Waals surface area contributed by atoms with Crippen LogP contribution in [0.5, 0.6) is 0 Å². The van der Waals surface area contributed by atoms with Crippen LogP contribution in [0.3, 0.4) is 0 Å². The number of carbonyl (C=O) groups excluding carboxylic acids is 1. The maximum absolute atomic E-state index is 12.0. The zero-order valence-corrected chi connectivity index (χ0v) is 12.1. The largest absolute Gasteiger partial charge is 0.383 e. The average Bonchev–Trinajstić information content (AvgIpc) is 2.44. The van der Waals surface area contributed by atoms with Gasteiger partial charge >= 0.3 is 0 Å². The van der Waals surface area contributed by atoms with Gasteiger partial charge in [0.1, 0.15) is 0 Å². The normalized spacial score (nSPS) is 10.3. The van der Waals surface area contributed by atoms with Gasteiger partial charge in [0.25, 0.3) is 0 Å². The Morgan fingerprint density at radius 2 is 2.05 bits per heavy atom. The van der Waals surface area contributed by atoms with Crippen LogP contribution in [-0.4, -0.2) is 44.2 Å². The fourth-order valence-electron chi connectivity index (χ4n) is 1.74. The average molecular weight is 275 g/mol. The van der Waals surface area contributed by atoms with Crippen LogP contribution in [-0.2, 0) is 9.53 Å². The predicted octanol–water partition coefficient (Wildman–Crippen LogP) is 1.80. The lowest BCUT2D eigenvalue weighted by molar-refractivity contribution is -0.117. The molecule has 5 heteroatoms. The molecule has 0 aliphatic carbocycles. The van der Waals surface area contributed by atoms with Gasteiger partial charge in [0.05, 0.1) is 19.2 Å². The van der Waals surface area contributed by atoms with E-state index in [1.165, 1.54) is 0 Å². The molecule has 0 aliphatic rings. The van der Waals surface area contributed by atoms with Crippen molar-refractivity contribution in [1.82, 2.24) is 4.90 Å². The number of nitrogens with one attached hydrogen (secondary N) is 1. The molecule has 0 aliphatic heterocycles. The number of hydrogen-bond acceptors (Lipinski definition) is 4. The standard InChI is InChI=1S/C15H21N3O2/c1-13-4-6-14(7-5-13)17-15(19)12-18(9-3-8-16)10-11-20-2/h4-7H,3,9-12H2,1-2H3,(H,17,19). The Labute approximate surface area is 120 Å². The van der Waals surface area contributed by atoms with E-state index in [1.807, 2.05) is 36.1 Å². The fraction of sp³-hybridized carbons (Fsp3) is 0.467. The lowest BCUT2D eigenvalue weighted by atomic mass is 10.2. The Balaban J connectivity index is 2.47. The number of carbonyl (C=O) groups is 1. The minimum Gasteiger partial charge on any atom is -0.383 e. The number of nitriles is 1. The molecule has 0 heterocycles. The van der Waals surface area contributed by atoms with E-state index in [2.05, 4.69) is 11.4 Å². The van der Waals surface area contributed by atoms with Crippen LogP contribution in [0, 0.1) is 18.3 Å². The SMILES string of the molecule is COCCN(CCC#N)CC(=O)Nc1ccc(C)cc1. The highest BCUT2D eigenvalue weighted by atomic mass is 16.5. The molecular weight excluding hydrogens is 254 g/mol. The lowest BCUT2D eigenvalue weighted by Gasteiger charge is -2.20. The number of benzene rings is 1. The van der Waals surface area contributed by atoms with Crippen molar-refractivity contribution < 1.29 is 9.53 Å². The first kappa shape index (κ1) is 16.2. The topological polar surface area (TPSA) is 65.4 Å². The highest BCUT2D eigenvalue weighted by molar-refractivity contribution is 5.92. The summed E-state index contributed by atoms with van der Waals surface area (Å²) in [4.78, 5) is 13.9. The van der Waals surface area contributed by atoms with Crippen molar-refractivity contribution >= 4 is 11.6 Å². The summed E-state index contributed by atoms with van der Waals surface area (Å²) in [7, 11) is 1.62. The molecule has 0 bridgehead atoms. The molecule has 1 N–H and O–H groups in total. The third-order valence-corrected chi connectivity index (χ3v) is 2.85. The minimum absolute atomic E-state index is 0.0807. The zero-order valence-electron chi connectivity index (χ0n) is 12.1. The van der Waals surface area contributed by atoms with Crippen molar-refractivity contribution in [2.45, 2.75) is 13.3 Å². The fourth-order valence-corrected chi connectivity index (χ4v) is 1.74. The predicted molar refractivity (Wildman–Crippen MR) is 78.4 cm³/mol. The Kier molecular flexibility index (Phi) is 7.33. The molecular formula is C15H21N3O2. The minimum atomic E-state index is -0.0807. The summed E-state index contributed by atoms with van der Waals surface area (Å²) in [5.41, 5.74) is 1.94. The summed E-state index contributed by atoms with van der Waals surface area (Å²) in [6, 6.07) is 9.75. The number of aryl methyl sites for hydroxylation is 1. The molecule has 0 spiro atoms. The van der Waals surface area contributed by atoms with Crippen LogP contribution in [0.1, 0.15) is 12.0 Å². The van der Waals surface area contributed by atoms with Gasteiger partial charge < -0.3 is 10.1 Å². The molecule has 108 valence electrons. The van der Waals surface area contributed by atoms with Crippen molar-refractivity contribution in [1.29, 1.82) is 5.26 Å². The van der Waals surface area contributed by atoms with Gasteiger partial charge in [-0.3, -0.25) is 9.69 Å². The first-order chi connectivity index (χ1) is 9.65. The lowest BCUT2D eigenvalue weighted by Crippen LogP contribution is -2.36. The maximum Gasteiger partial charge on any atom is 0.238 e. The Morgan fingerprint density at radius 3 is 2.65 bits per heavy atom. The van der Waals surface area contributed by atoms with E-state index in [1.54, 1.807) is 7.11 Å². The highest BCUT2D eigenvalue weighted by Crippen LogP contribution is 2.08. The Morgan fingerprint density at radius 1 is 1.35 bits per heavy atom. The van der Waals surface area contributed by atoms with E-state index in [0.29, 0.717) is 26.1 Å². The van der Waals surface area contributed by atoms with Crippen molar-refractivity contribution in [2.75, 3.05) is 38.7 Å². The third-order valence-electron chi connectivity index (χ3n) is 2.85. The van der Waals surface area contributed by atoms with Crippen LogP contribution in [0.4, 0.5) is 5.69 Å². The second kappa shape index (κ2) is 9.08. The maximum atomic E-state index is 12.0. The zero-order chi connectivity index (χ0) is 14.8. The molecule has 1 aromatic rings. The van der Waals surface area contributed by atoms with Crippen LogP contribution < -0.4 is 5.32 Å². The number of nitrogens with zero attached hydrogens (tertiary/aromatic N) is 2. The van der Waals surface area contributed by atoms with Gasteiger partial charge in [0.2, 0.25) is 5.91 Å². The van der Waals surface area contributed by atoms with Gasteiger partial charge in [-0.2, -0.15) is 5.26 Å². The molecule has 0 aromatic heterocycles. The highest BCUT2D eigenvalue weighted by Gasteiger charge is 2.10. The van der Waals surface area contributed by atoms with Crippen molar-refractivity contribution in [3.05, 3.63) is 29.8 Å². The van der Waals surface area contributed by atoms with Crippen molar-refractivity contribution in [3.8, 4) is 6.07 Å². The molecule has 1 aromatic carbocycles. The van der Waals surface area contributed by atoms with E-state index in [-0.39, 0.29) is 12.5 Å². The van der Waals surface area contributed by atoms with Gasteiger partial charge in [0.15, 0.2) is 0 Å². The third kappa shape index (κ3) is 6.32. The quantitative estimate of drug-likeness (QED) is 0.785. The van der Waals surface area contributed by atoms with Crippen LogP contribution >= 0.6 is 0 Å². The summed E-state index contributed by atoms with van der Waals surface area (Å²) in [5, 5.41) is 11.5. The number of anilines is 1. The molecule has 0 saturated heterocycles. The summed E-state index contributed by atoms with van der Waals surface area (Å²) in [6.45, 7) is 4.02. The number of methoxy groups -OCH3 is 1. The van der Waals surface area contributed by atoms with E-state index in [0.717, 1.165) is 11.3 Å². The molecule has 0 atom stereocenters. The molecule has 20 heavy (non-hydrogen) atoms. The number of amides is 1. The second-order valence-electron chi connectivity index (χ2n) is 4.59. The Hall–Kier alpha value is -1.90. The number of rotatable bonds is 8. The number of hydrogen-bond donors (Lipinski definition) is 1. The summed E-state index contributed by atoms with van der Waals surface area (Å²) in [6.07, 6.45) is 0.404. The summed E-state index contributed by atoms with van der Waals surface area (Å²) < 4.78 is 5.01. The van der Waals surface area contributed by atoms with E-state index in [9.17, 15) is 4.79 Å². The van der Waals surface area contributed by atoms with Crippen molar-refractivity contribution in [2.24, 2.45) is 0 Å².